The molecule has 0 bridgehead atoms. The number of carbonyl (C=O) groups excluding carboxylic acids is 1. The first-order chi connectivity index (χ1) is 9.90. The Kier molecular flexibility index (Phi) is 5.22. The summed E-state index contributed by atoms with van der Waals surface area (Å²) in [6, 6.07) is 4.22. The van der Waals surface area contributed by atoms with Crippen molar-refractivity contribution in [1.82, 2.24) is 4.90 Å². The summed E-state index contributed by atoms with van der Waals surface area (Å²) in [6.45, 7) is 4.78. The standard InChI is InChI=1S/C16H22ClFN2O/c1-10(2)9-20-15(21)5-3-4-14(19)16(20)11-6-7-13(18)12(17)8-11/h6-8,10,14,16H,3-5,9,19H2,1-2H3. The normalized spacial score (nSPS) is 23.5. The van der Waals surface area contributed by atoms with E-state index in [0.29, 0.717) is 18.9 Å². The van der Waals surface area contributed by atoms with Crippen LogP contribution in [0.5, 0.6) is 0 Å². The van der Waals surface area contributed by atoms with Gasteiger partial charge in [0.1, 0.15) is 5.82 Å². The molecular formula is C16H22ClFN2O. The van der Waals surface area contributed by atoms with E-state index in [9.17, 15) is 9.18 Å². The predicted octanol–water partition coefficient (Wildman–Crippen LogP) is 3.52. The van der Waals surface area contributed by atoms with Crippen molar-refractivity contribution in [2.75, 3.05) is 6.54 Å². The van der Waals surface area contributed by atoms with Crippen LogP contribution in [0.1, 0.15) is 44.7 Å². The van der Waals surface area contributed by atoms with Gasteiger partial charge in [-0.2, -0.15) is 0 Å². The molecule has 1 aromatic rings. The largest absolute Gasteiger partial charge is 0.334 e. The average Bonchev–Trinajstić information content (AvgIpc) is 2.53. The van der Waals surface area contributed by atoms with Gasteiger partial charge in [0.2, 0.25) is 5.91 Å². The lowest BCUT2D eigenvalue weighted by atomic mass is 9.95. The Morgan fingerprint density at radius 3 is 2.81 bits per heavy atom. The Labute approximate surface area is 130 Å². The van der Waals surface area contributed by atoms with Gasteiger partial charge in [-0.3, -0.25) is 4.79 Å². The molecule has 1 fully saturated rings. The van der Waals surface area contributed by atoms with E-state index in [4.69, 9.17) is 17.3 Å². The second kappa shape index (κ2) is 6.75. The van der Waals surface area contributed by atoms with Crippen molar-refractivity contribution in [2.24, 2.45) is 11.7 Å². The number of carbonyl (C=O) groups is 1. The van der Waals surface area contributed by atoms with E-state index < -0.39 is 5.82 Å². The van der Waals surface area contributed by atoms with Crippen LogP contribution in [-0.4, -0.2) is 23.4 Å². The van der Waals surface area contributed by atoms with E-state index in [-0.39, 0.29) is 23.0 Å². The maximum Gasteiger partial charge on any atom is 0.223 e. The molecule has 0 spiro atoms. The molecule has 2 rings (SSSR count). The Bertz CT molecular complexity index is 521. The van der Waals surface area contributed by atoms with Crippen molar-refractivity contribution in [3.05, 3.63) is 34.6 Å². The zero-order valence-electron chi connectivity index (χ0n) is 12.5. The number of halogens is 2. The summed E-state index contributed by atoms with van der Waals surface area (Å²) in [4.78, 5) is 14.2. The van der Waals surface area contributed by atoms with Gasteiger partial charge < -0.3 is 10.6 Å². The summed E-state index contributed by atoms with van der Waals surface area (Å²) in [6.07, 6.45) is 2.09. The van der Waals surface area contributed by atoms with Gasteiger partial charge in [0, 0.05) is 19.0 Å². The highest BCUT2D eigenvalue weighted by Gasteiger charge is 2.33. The number of hydrogen-bond acceptors (Lipinski definition) is 2. The van der Waals surface area contributed by atoms with Crippen LogP contribution in [-0.2, 0) is 4.79 Å². The molecule has 2 N–H and O–H groups in total. The molecule has 1 saturated heterocycles. The van der Waals surface area contributed by atoms with Gasteiger partial charge in [-0.25, -0.2) is 4.39 Å². The number of likely N-dealkylation sites (tertiary alicyclic amines) is 1. The van der Waals surface area contributed by atoms with Gasteiger partial charge in [0.15, 0.2) is 0 Å². The monoisotopic (exact) mass is 312 g/mol. The molecule has 0 aromatic heterocycles. The number of amides is 1. The van der Waals surface area contributed by atoms with Crippen molar-refractivity contribution in [3.63, 3.8) is 0 Å². The summed E-state index contributed by atoms with van der Waals surface area (Å²) in [5.74, 6) is 0.00381. The van der Waals surface area contributed by atoms with E-state index in [1.54, 1.807) is 12.1 Å². The lowest BCUT2D eigenvalue weighted by molar-refractivity contribution is -0.133. The zero-order valence-corrected chi connectivity index (χ0v) is 13.2. The molecule has 1 amide bonds. The van der Waals surface area contributed by atoms with Gasteiger partial charge in [0.25, 0.3) is 0 Å². The Balaban J connectivity index is 2.40. The average molecular weight is 313 g/mol. The van der Waals surface area contributed by atoms with Crippen LogP contribution < -0.4 is 5.73 Å². The van der Waals surface area contributed by atoms with E-state index in [1.807, 2.05) is 4.90 Å². The van der Waals surface area contributed by atoms with Gasteiger partial charge in [0.05, 0.1) is 11.1 Å². The van der Waals surface area contributed by atoms with E-state index in [2.05, 4.69) is 13.8 Å². The topological polar surface area (TPSA) is 46.3 Å². The fraction of sp³-hybridized carbons (Fsp3) is 0.562. The second-order valence-corrected chi connectivity index (χ2v) is 6.52. The maximum absolute atomic E-state index is 13.4. The SMILES string of the molecule is CC(C)CN1C(=O)CCCC(N)C1c1ccc(F)c(Cl)c1. The smallest absolute Gasteiger partial charge is 0.223 e. The fourth-order valence-electron chi connectivity index (χ4n) is 2.91. The summed E-state index contributed by atoms with van der Waals surface area (Å²) < 4.78 is 13.4. The lowest BCUT2D eigenvalue weighted by Gasteiger charge is -2.35. The highest BCUT2D eigenvalue weighted by atomic mass is 35.5. The zero-order chi connectivity index (χ0) is 15.6. The summed E-state index contributed by atoms with van der Waals surface area (Å²) in [5, 5.41) is 0.0703. The van der Waals surface area contributed by atoms with Crippen LogP contribution in [0.25, 0.3) is 0 Å². The summed E-state index contributed by atoms with van der Waals surface area (Å²) in [5.41, 5.74) is 7.11. The molecule has 1 aliphatic heterocycles. The van der Waals surface area contributed by atoms with Crippen molar-refractivity contribution >= 4 is 17.5 Å². The minimum absolute atomic E-state index is 0.0703. The van der Waals surface area contributed by atoms with Gasteiger partial charge >= 0.3 is 0 Å². The third kappa shape index (κ3) is 3.74. The molecule has 0 saturated carbocycles. The highest BCUT2D eigenvalue weighted by molar-refractivity contribution is 6.30. The summed E-state index contributed by atoms with van der Waals surface area (Å²) in [7, 11) is 0. The van der Waals surface area contributed by atoms with Gasteiger partial charge in [-0.1, -0.05) is 31.5 Å². The van der Waals surface area contributed by atoms with Crippen molar-refractivity contribution in [2.45, 2.75) is 45.2 Å². The molecule has 0 radical (unpaired) electrons. The molecule has 2 atom stereocenters. The van der Waals surface area contributed by atoms with E-state index in [1.165, 1.54) is 6.07 Å². The highest BCUT2D eigenvalue weighted by Crippen LogP contribution is 2.32. The van der Waals surface area contributed by atoms with Crippen molar-refractivity contribution in [1.29, 1.82) is 0 Å². The first-order valence-corrected chi connectivity index (χ1v) is 7.78. The minimum atomic E-state index is -0.454. The molecular weight excluding hydrogens is 291 g/mol. The van der Waals surface area contributed by atoms with Crippen LogP contribution >= 0.6 is 11.6 Å². The first kappa shape index (κ1) is 16.2. The quantitative estimate of drug-likeness (QED) is 0.928. The second-order valence-electron chi connectivity index (χ2n) is 6.11. The van der Waals surface area contributed by atoms with Crippen LogP contribution in [0.15, 0.2) is 18.2 Å². The van der Waals surface area contributed by atoms with Gasteiger partial charge in [-0.05, 0) is 36.5 Å². The maximum atomic E-state index is 13.4. The molecule has 1 aromatic carbocycles. The van der Waals surface area contributed by atoms with Crippen molar-refractivity contribution in [3.8, 4) is 0 Å². The van der Waals surface area contributed by atoms with Crippen LogP contribution in [0, 0.1) is 11.7 Å². The number of nitrogens with two attached hydrogens (primary N) is 1. The lowest BCUT2D eigenvalue weighted by Crippen LogP contribution is -2.43. The van der Waals surface area contributed by atoms with Crippen LogP contribution in [0.3, 0.4) is 0 Å². The summed E-state index contributed by atoms with van der Waals surface area (Å²) >= 11 is 5.89. The molecule has 1 heterocycles. The number of nitrogens with zero attached hydrogens (tertiary/aromatic N) is 1. The Hall–Kier alpha value is -1.13. The van der Waals surface area contributed by atoms with Crippen molar-refractivity contribution < 1.29 is 9.18 Å². The number of benzene rings is 1. The number of hydrogen-bond donors (Lipinski definition) is 1. The Morgan fingerprint density at radius 1 is 1.48 bits per heavy atom. The van der Waals surface area contributed by atoms with E-state index >= 15 is 0 Å². The third-order valence-electron chi connectivity index (χ3n) is 3.84. The Morgan fingerprint density at radius 2 is 2.19 bits per heavy atom. The molecule has 1 aliphatic rings. The van der Waals surface area contributed by atoms with Crippen LogP contribution in [0.2, 0.25) is 5.02 Å². The first-order valence-electron chi connectivity index (χ1n) is 7.40. The van der Waals surface area contributed by atoms with Gasteiger partial charge in [-0.15, -0.1) is 0 Å². The molecule has 2 unspecified atom stereocenters. The molecule has 21 heavy (non-hydrogen) atoms. The predicted molar refractivity (Wildman–Crippen MR) is 82.5 cm³/mol. The fourth-order valence-corrected chi connectivity index (χ4v) is 3.10. The molecule has 116 valence electrons. The van der Waals surface area contributed by atoms with E-state index in [0.717, 1.165) is 18.4 Å². The minimum Gasteiger partial charge on any atom is -0.334 e. The molecule has 3 nitrogen and oxygen atoms in total. The molecule has 0 aliphatic carbocycles. The number of rotatable bonds is 3. The molecule has 5 heteroatoms. The third-order valence-corrected chi connectivity index (χ3v) is 4.13. The van der Waals surface area contributed by atoms with Crippen LogP contribution in [0.4, 0.5) is 4.39 Å².